The topological polar surface area (TPSA) is 23.5 Å². The zero-order valence-electron chi connectivity index (χ0n) is 9.64. The van der Waals surface area contributed by atoms with Gasteiger partial charge in [0.1, 0.15) is 0 Å². The standard InChI is InChI=1S/C11H25NO/c1-5-11(2,3)12(4)9-7-6-8-10-13/h13H,5-10H2,1-4H3. The van der Waals surface area contributed by atoms with Crippen molar-refractivity contribution in [2.24, 2.45) is 0 Å². The Hall–Kier alpha value is -0.0800. The molecule has 0 unspecified atom stereocenters. The summed E-state index contributed by atoms with van der Waals surface area (Å²) in [4.78, 5) is 2.41. The third-order valence-corrected chi connectivity index (χ3v) is 3.05. The lowest BCUT2D eigenvalue weighted by Gasteiger charge is -2.34. The van der Waals surface area contributed by atoms with Crippen LogP contribution in [-0.2, 0) is 0 Å². The molecule has 0 spiro atoms. The van der Waals surface area contributed by atoms with Crippen molar-refractivity contribution >= 4 is 0 Å². The zero-order chi connectivity index (χ0) is 10.3. The summed E-state index contributed by atoms with van der Waals surface area (Å²) in [6.07, 6.45) is 4.46. The van der Waals surface area contributed by atoms with Crippen LogP contribution in [0, 0.1) is 0 Å². The lowest BCUT2D eigenvalue weighted by Crippen LogP contribution is -2.40. The maximum Gasteiger partial charge on any atom is 0.0431 e. The van der Waals surface area contributed by atoms with Gasteiger partial charge in [0.15, 0.2) is 0 Å². The molecule has 0 amide bonds. The van der Waals surface area contributed by atoms with E-state index in [9.17, 15) is 0 Å². The van der Waals surface area contributed by atoms with Crippen molar-refractivity contribution in [2.75, 3.05) is 20.2 Å². The minimum Gasteiger partial charge on any atom is -0.396 e. The molecule has 2 nitrogen and oxygen atoms in total. The summed E-state index contributed by atoms with van der Waals surface area (Å²) in [6.45, 7) is 8.25. The second-order valence-corrected chi connectivity index (χ2v) is 4.37. The Morgan fingerprint density at radius 2 is 1.77 bits per heavy atom. The summed E-state index contributed by atoms with van der Waals surface area (Å²) in [5.41, 5.74) is 0.319. The van der Waals surface area contributed by atoms with Crippen LogP contribution in [0.1, 0.15) is 46.5 Å². The van der Waals surface area contributed by atoms with Crippen LogP contribution in [0.4, 0.5) is 0 Å². The van der Waals surface area contributed by atoms with E-state index in [0.29, 0.717) is 12.1 Å². The van der Waals surface area contributed by atoms with E-state index in [-0.39, 0.29) is 0 Å². The molecule has 0 fully saturated rings. The average molecular weight is 187 g/mol. The molecule has 0 aliphatic rings. The molecule has 0 bridgehead atoms. The molecule has 0 saturated carbocycles. The third-order valence-electron chi connectivity index (χ3n) is 3.05. The first kappa shape index (κ1) is 12.9. The molecule has 0 aliphatic carbocycles. The molecule has 0 saturated heterocycles. The van der Waals surface area contributed by atoms with E-state index in [1.165, 1.54) is 12.8 Å². The highest BCUT2D eigenvalue weighted by molar-refractivity contribution is 4.76. The largest absolute Gasteiger partial charge is 0.396 e. The molecule has 2 heteroatoms. The summed E-state index contributed by atoms with van der Waals surface area (Å²) in [5.74, 6) is 0. The average Bonchev–Trinajstić information content (AvgIpc) is 2.12. The lowest BCUT2D eigenvalue weighted by molar-refractivity contribution is 0.147. The van der Waals surface area contributed by atoms with Crippen molar-refractivity contribution < 1.29 is 5.11 Å². The van der Waals surface area contributed by atoms with E-state index >= 15 is 0 Å². The second kappa shape index (κ2) is 6.39. The van der Waals surface area contributed by atoms with Crippen LogP contribution in [0.2, 0.25) is 0 Å². The van der Waals surface area contributed by atoms with Gasteiger partial charge in [0, 0.05) is 12.1 Å². The highest BCUT2D eigenvalue weighted by atomic mass is 16.2. The van der Waals surface area contributed by atoms with Crippen LogP contribution in [0.3, 0.4) is 0 Å². The summed E-state index contributed by atoms with van der Waals surface area (Å²) >= 11 is 0. The second-order valence-electron chi connectivity index (χ2n) is 4.37. The molecule has 1 N–H and O–H groups in total. The minimum atomic E-state index is 0.319. The fourth-order valence-electron chi connectivity index (χ4n) is 1.21. The number of aliphatic hydroxyl groups excluding tert-OH is 1. The highest BCUT2D eigenvalue weighted by Crippen LogP contribution is 2.16. The molecule has 80 valence electrons. The first-order chi connectivity index (χ1) is 6.04. The Labute approximate surface area is 82.9 Å². The van der Waals surface area contributed by atoms with E-state index in [1.807, 2.05) is 0 Å². The van der Waals surface area contributed by atoms with Crippen molar-refractivity contribution in [3.8, 4) is 0 Å². The molecule has 0 atom stereocenters. The molecule has 0 rings (SSSR count). The predicted molar refractivity (Wildman–Crippen MR) is 57.9 cm³/mol. The molecule has 0 aromatic heterocycles. The Bertz CT molecular complexity index is 123. The Kier molecular flexibility index (Phi) is 6.35. The summed E-state index contributed by atoms with van der Waals surface area (Å²) in [7, 11) is 2.18. The molecular formula is C11H25NO. The van der Waals surface area contributed by atoms with Gasteiger partial charge in [-0.3, -0.25) is 0 Å². The first-order valence-electron chi connectivity index (χ1n) is 5.36. The Balaban J connectivity index is 3.55. The smallest absolute Gasteiger partial charge is 0.0431 e. The third kappa shape index (κ3) is 5.27. The van der Waals surface area contributed by atoms with Crippen LogP contribution in [0.5, 0.6) is 0 Å². The zero-order valence-corrected chi connectivity index (χ0v) is 9.64. The van der Waals surface area contributed by atoms with E-state index in [0.717, 1.165) is 19.4 Å². The number of hydrogen-bond acceptors (Lipinski definition) is 2. The van der Waals surface area contributed by atoms with Crippen LogP contribution < -0.4 is 0 Å². The molecule has 0 heterocycles. The van der Waals surface area contributed by atoms with Crippen LogP contribution >= 0.6 is 0 Å². The molecular weight excluding hydrogens is 162 g/mol. The van der Waals surface area contributed by atoms with Gasteiger partial charge in [0.2, 0.25) is 0 Å². The number of nitrogens with zero attached hydrogens (tertiary/aromatic N) is 1. The molecule has 0 aromatic carbocycles. The van der Waals surface area contributed by atoms with Gasteiger partial charge >= 0.3 is 0 Å². The summed E-state index contributed by atoms with van der Waals surface area (Å²) < 4.78 is 0. The van der Waals surface area contributed by atoms with E-state index in [1.54, 1.807) is 0 Å². The van der Waals surface area contributed by atoms with Crippen molar-refractivity contribution in [2.45, 2.75) is 52.0 Å². The van der Waals surface area contributed by atoms with Crippen LogP contribution in [-0.4, -0.2) is 35.7 Å². The van der Waals surface area contributed by atoms with E-state index < -0.39 is 0 Å². The number of aliphatic hydroxyl groups is 1. The summed E-state index contributed by atoms with van der Waals surface area (Å²) in [5, 5.41) is 8.62. The molecule has 0 radical (unpaired) electrons. The van der Waals surface area contributed by atoms with Gasteiger partial charge in [-0.05, 0) is 53.1 Å². The Morgan fingerprint density at radius 3 is 2.23 bits per heavy atom. The number of rotatable bonds is 7. The van der Waals surface area contributed by atoms with Crippen molar-refractivity contribution in [1.29, 1.82) is 0 Å². The predicted octanol–water partition coefficient (Wildman–Crippen LogP) is 2.27. The summed E-state index contributed by atoms with van der Waals surface area (Å²) in [6, 6.07) is 0. The van der Waals surface area contributed by atoms with Crippen molar-refractivity contribution in [1.82, 2.24) is 4.90 Å². The fourth-order valence-corrected chi connectivity index (χ4v) is 1.21. The minimum absolute atomic E-state index is 0.319. The van der Waals surface area contributed by atoms with Gasteiger partial charge in [0.25, 0.3) is 0 Å². The normalized spacial score (nSPS) is 12.5. The van der Waals surface area contributed by atoms with Gasteiger partial charge in [-0.15, -0.1) is 0 Å². The fraction of sp³-hybridized carbons (Fsp3) is 1.00. The lowest BCUT2D eigenvalue weighted by atomic mass is 9.99. The quantitative estimate of drug-likeness (QED) is 0.618. The van der Waals surface area contributed by atoms with E-state index in [2.05, 4.69) is 32.7 Å². The first-order valence-corrected chi connectivity index (χ1v) is 5.36. The number of unbranched alkanes of at least 4 members (excludes halogenated alkanes) is 2. The molecule has 0 aliphatic heterocycles. The van der Waals surface area contributed by atoms with Gasteiger partial charge in [-0.2, -0.15) is 0 Å². The number of hydrogen-bond donors (Lipinski definition) is 1. The maximum absolute atomic E-state index is 8.62. The van der Waals surface area contributed by atoms with Crippen LogP contribution in [0.25, 0.3) is 0 Å². The molecule has 0 aromatic rings. The van der Waals surface area contributed by atoms with Gasteiger partial charge < -0.3 is 10.0 Å². The van der Waals surface area contributed by atoms with Crippen molar-refractivity contribution in [3.63, 3.8) is 0 Å². The van der Waals surface area contributed by atoms with Crippen LogP contribution in [0.15, 0.2) is 0 Å². The van der Waals surface area contributed by atoms with Gasteiger partial charge in [0.05, 0.1) is 0 Å². The molecule has 13 heavy (non-hydrogen) atoms. The monoisotopic (exact) mass is 187 g/mol. The highest BCUT2D eigenvalue weighted by Gasteiger charge is 2.19. The van der Waals surface area contributed by atoms with Gasteiger partial charge in [-0.1, -0.05) is 6.92 Å². The maximum atomic E-state index is 8.62. The van der Waals surface area contributed by atoms with E-state index in [4.69, 9.17) is 5.11 Å². The van der Waals surface area contributed by atoms with Gasteiger partial charge in [-0.25, -0.2) is 0 Å². The Morgan fingerprint density at radius 1 is 1.15 bits per heavy atom. The SMILES string of the molecule is CCC(C)(C)N(C)CCCCCO. The van der Waals surface area contributed by atoms with Crippen molar-refractivity contribution in [3.05, 3.63) is 0 Å².